The average Bonchev–Trinajstić information content (AvgIpc) is 2.64. The van der Waals surface area contributed by atoms with Crippen molar-refractivity contribution in [2.45, 2.75) is 19.8 Å². The Morgan fingerprint density at radius 1 is 1.48 bits per heavy atom. The highest BCUT2D eigenvalue weighted by Gasteiger charge is 2.23. The van der Waals surface area contributed by atoms with Crippen LogP contribution < -0.4 is 0 Å². The average molecular weight is 372 g/mol. The summed E-state index contributed by atoms with van der Waals surface area (Å²) >= 11 is 9.43. The highest BCUT2D eigenvalue weighted by Crippen LogP contribution is 2.25. The molecular weight excluding hydrogens is 356 g/mol. The normalized spacial score (nSPS) is 12.4. The van der Waals surface area contributed by atoms with Crippen molar-refractivity contribution in [3.05, 3.63) is 50.7 Å². The molecule has 1 atom stereocenters. The molecular formula is C15H16BrClN2O2. The second kappa shape index (κ2) is 6.62. The summed E-state index contributed by atoms with van der Waals surface area (Å²) in [6.07, 6.45) is 0.854. The van der Waals surface area contributed by atoms with E-state index >= 15 is 0 Å². The number of nitrogens with zero attached hydrogens (tertiary/aromatic N) is 2. The Hall–Kier alpha value is -1.33. The van der Waals surface area contributed by atoms with Crippen LogP contribution in [0.25, 0.3) is 0 Å². The van der Waals surface area contributed by atoms with E-state index in [1.165, 1.54) is 0 Å². The number of carboxylic acid groups (broad SMARTS) is 1. The SMILES string of the molecule is Cc1nn(C)c(CC(Cc2cccc(Cl)c2)C(=O)O)c1Br. The summed E-state index contributed by atoms with van der Waals surface area (Å²) < 4.78 is 2.61. The van der Waals surface area contributed by atoms with Gasteiger partial charge in [0.2, 0.25) is 0 Å². The number of aryl methyl sites for hydroxylation is 2. The molecule has 1 aromatic carbocycles. The van der Waals surface area contributed by atoms with Crippen molar-refractivity contribution >= 4 is 33.5 Å². The third-order valence-corrected chi connectivity index (χ3v) is 4.69. The molecule has 21 heavy (non-hydrogen) atoms. The number of hydrogen-bond donors (Lipinski definition) is 1. The van der Waals surface area contributed by atoms with Gasteiger partial charge in [-0.15, -0.1) is 0 Å². The Labute approximate surface area is 136 Å². The molecule has 0 saturated carbocycles. The number of carbonyl (C=O) groups is 1. The van der Waals surface area contributed by atoms with E-state index in [2.05, 4.69) is 21.0 Å². The lowest BCUT2D eigenvalue weighted by molar-refractivity contribution is -0.141. The predicted octanol–water partition coefficient (Wildman–Crippen LogP) is 3.63. The number of rotatable bonds is 5. The van der Waals surface area contributed by atoms with Crippen LogP contribution in [0.4, 0.5) is 0 Å². The number of benzene rings is 1. The standard InChI is InChI=1S/C15H16BrClN2O2/c1-9-14(16)13(19(2)18-9)8-11(15(20)21)6-10-4-3-5-12(17)7-10/h3-5,7,11H,6,8H2,1-2H3,(H,20,21). The molecule has 4 nitrogen and oxygen atoms in total. The van der Waals surface area contributed by atoms with Gasteiger partial charge in [-0.2, -0.15) is 5.10 Å². The molecule has 0 bridgehead atoms. The molecule has 0 aliphatic rings. The third-order valence-electron chi connectivity index (χ3n) is 3.42. The van der Waals surface area contributed by atoms with Crippen LogP contribution in [0.15, 0.2) is 28.7 Å². The fourth-order valence-electron chi connectivity index (χ4n) is 2.33. The van der Waals surface area contributed by atoms with Gasteiger partial charge in [-0.3, -0.25) is 9.48 Å². The summed E-state index contributed by atoms with van der Waals surface area (Å²) in [5.74, 6) is -1.34. The van der Waals surface area contributed by atoms with Crippen molar-refractivity contribution in [1.29, 1.82) is 0 Å². The first-order valence-corrected chi connectivity index (χ1v) is 7.70. The van der Waals surface area contributed by atoms with Crippen LogP contribution in [-0.4, -0.2) is 20.9 Å². The largest absolute Gasteiger partial charge is 0.481 e. The second-order valence-corrected chi connectivity index (χ2v) is 6.27. The minimum atomic E-state index is -0.819. The maximum absolute atomic E-state index is 11.5. The topological polar surface area (TPSA) is 55.1 Å². The number of aromatic nitrogens is 2. The lowest BCUT2D eigenvalue weighted by Gasteiger charge is -2.13. The first kappa shape index (κ1) is 16.0. The minimum Gasteiger partial charge on any atom is -0.481 e. The van der Waals surface area contributed by atoms with Crippen LogP contribution in [0.3, 0.4) is 0 Å². The fraction of sp³-hybridized carbons (Fsp3) is 0.333. The summed E-state index contributed by atoms with van der Waals surface area (Å²) in [5, 5.41) is 14.4. The lowest BCUT2D eigenvalue weighted by atomic mass is 9.94. The molecule has 0 amide bonds. The molecule has 0 fully saturated rings. The smallest absolute Gasteiger partial charge is 0.307 e. The number of halogens is 2. The van der Waals surface area contributed by atoms with Gasteiger partial charge in [-0.05, 0) is 47.0 Å². The summed E-state index contributed by atoms with van der Waals surface area (Å²) in [4.78, 5) is 11.5. The van der Waals surface area contributed by atoms with Crippen molar-refractivity contribution in [1.82, 2.24) is 9.78 Å². The molecule has 2 rings (SSSR count). The van der Waals surface area contributed by atoms with Crippen molar-refractivity contribution in [2.24, 2.45) is 13.0 Å². The number of carboxylic acids is 1. The highest BCUT2D eigenvalue weighted by atomic mass is 79.9. The van der Waals surface area contributed by atoms with Gasteiger partial charge in [0.25, 0.3) is 0 Å². The zero-order valence-electron chi connectivity index (χ0n) is 11.8. The third kappa shape index (κ3) is 3.86. The maximum atomic E-state index is 11.5. The second-order valence-electron chi connectivity index (χ2n) is 5.04. The molecule has 0 aliphatic heterocycles. The van der Waals surface area contributed by atoms with Crippen LogP contribution >= 0.6 is 27.5 Å². The van der Waals surface area contributed by atoms with Crippen LogP contribution in [0.2, 0.25) is 5.02 Å². The van der Waals surface area contributed by atoms with Gasteiger partial charge in [-0.25, -0.2) is 0 Å². The Balaban J connectivity index is 2.22. The van der Waals surface area contributed by atoms with Crippen molar-refractivity contribution in [3.63, 3.8) is 0 Å². The maximum Gasteiger partial charge on any atom is 0.307 e. The van der Waals surface area contributed by atoms with Crippen LogP contribution in [0, 0.1) is 12.8 Å². The van der Waals surface area contributed by atoms with Crippen molar-refractivity contribution in [2.75, 3.05) is 0 Å². The molecule has 6 heteroatoms. The quantitative estimate of drug-likeness (QED) is 0.873. The molecule has 0 radical (unpaired) electrons. The molecule has 1 unspecified atom stereocenters. The molecule has 0 saturated heterocycles. The number of hydrogen-bond acceptors (Lipinski definition) is 2. The Kier molecular flexibility index (Phi) is 5.06. The summed E-state index contributed by atoms with van der Waals surface area (Å²) in [6.45, 7) is 1.89. The molecule has 1 N–H and O–H groups in total. The Morgan fingerprint density at radius 2 is 2.19 bits per heavy atom. The molecule has 2 aromatic rings. The van der Waals surface area contributed by atoms with E-state index in [-0.39, 0.29) is 0 Å². The van der Waals surface area contributed by atoms with E-state index in [0.717, 1.165) is 21.4 Å². The van der Waals surface area contributed by atoms with E-state index in [1.807, 2.05) is 26.1 Å². The van der Waals surface area contributed by atoms with E-state index in [4.69, 9.17) is 11.6 Å². The van der Waals surface area contributed by atoms with Gasteiger partial charge in [0.1, 0.15) is 0 Å². The van der Waals surface area contributed by atoms with E-state index in [1.54, 1.807) is 16.8 Å². The summed E-state index contributed by atoms with van der Waals surface area (Å²) in [6, 6.07) is 7.31. The monoisotopic (exact) mass is 370 g/mol. The van der Waals surface area contributed by atoms with Gasteiger partial charge in [0, 0.05) is 18.5 Å². The van der Waals surface area contributed by atoms with Crippen molar-refractivity contribution < 1.29 is 9.90 Å². The van der Waals surface area contributed by atoms with Crippen LogP contribution in [0.1, 0.15) is 17.0 Å². The first-order valence-electron chi connectivity index (χ1n) is 6.53. The molecule has 0 aliphatic carbocycles. The summed E-state index contributed by atoms with van der Waals surface area (Å²) in [7, 11) is 1.82. The lowest BCUT2D eigenvalue weighted by Crippen LogP contribution is -2.20. The van der Waals surface area contributed by atoms with Gasteiger partial charge >= 0.3 is 5.97 Å². The van der Waals surface area contributed by atoms with Crippen molar-refractivity contribution in [3.8, 4) is 0 Å². The molecule has 0 spiro atoms. The van der Waals surface area contributed by atoms with Crippen LogP contribution in [0.5, 0.6) is 0 Å². The minimum absolute atomic E-state index is 0.416. The van der Waals surface area contributed by atoms with Gasteiger partial charge in [0.15, 0.2) is 0 Å². The van der Waals surface area contributed by atoms with Gasteiger partial charge < -0.3 is 5.11 Å². The van der Waals surface area contributed by atoms with E-state index < -0.39 is 11.9 Å². The van der Waals surface area contributed by atoms with E-state index in [9.17, 15) is 9.90 Å². The Morgan fingerprint density at radius 3 is 2.71 bits per heavy atom. The van der Waals surface area contributed by atoms with E-state index in [0.29, 0.717) is 17.9 Å². The molecule has 112 valence electrons. The first-order chi connectivity index (χ1) is 9.88. The van der Waals surface area contributed by atoms with Gasteiger partial charge in [-0.1, -0.05) is 23.7 Å². The highest BCUT2D eigenvalue weighted by molar-refractivity contribution is 9.10. The van der Waals surface area contributed by atoms with Gasteiger partial charge in [0.05, 0.1) is 21.8 Å². The molecule has 1 aromatic heterocycles. The Bertz CT molecular complexity index is 670. The fourth-order valence-corrected chi connectivity index (χ4v) is 3.04. The number of aliphatic carboxylic acids is 1. The zero-order valence-corrected chi connectivity index (χ0v) is 14.1. The molecule has 1 heterocycles. The zero-order chi connectivity index (χ0) is 15.6. The summed E-state index contributed by atoms with van der Waals surface area (Å²) in [5.41, 5.74) is 2.67. The predicted molar refractivity (Wildman–Crippen MR) is 85.6 cm³/mol. The van der Waals surface area contributed by atoms with Crippen LogP contribution in [-0.2, 0) is 24.7 Å².